The molecule has 0 saturated carbocycles. The number of rotatable bonds is 4. The van der Waals surface area contributed by atoms with Crippen LogP contribution in [0.1, 0.15) is 6.92 Å². The fourth-order valence-electron chi connectivity index (χ4n) is 2.34. The zero-order valence-corrected chi connectivity index (χ0v) is 14.5. The van der Waals surface area contributed by atoms with Crippen molar-refractivity contribution in [1.29, 1.82) is 0 Å². The van der Waals surface area contributed by atoms with Crippen molar-refractivity contribution in [1.82, 2.24) is 0 Å². The van der Waals surface area contributed by atoms with Crippen LogP contribution in [0.25, 0.3) is 22.3 Å². The van der Waals surface area contributed by atoms with Gasteiger partial charge in [-0.1, -0.05) is 41.4 Å². The number of carboxylic acids is 1. The molecule has 0 spiro atoms. The molecule has 128 valence electrons. The molecule has 2 aromatic carbocycles. The molecule has 25 heavy (non-hydrogen) atoms. The third kappa shape index (κ3) is 3.21. The van der Waals surface area contributed by atoms with Crippen LogP contribution in [0.15, 0.2) is 51.7 Å². The van der Waals surface area contributed by atoms with Crippen LogP contribution in [0, 0.1) is 0 Å². The number of ether oxygens (including phenoxy) is 1. The van der Waals surface area contributed by atoms with Gasteiger partial charge in [-0.05, 0) is 31.2 Å². The predicted molar refractivity (Wildman–Crippen MR) is 95.7 cm³/mol. The summed E-state index contributed by atoms with van der Waals surface area (Å²) in [6.45, 7) is 1.31. The fraction of sp³-hybridized carbons (Fsp3) is 0.111. The summed E-state index contributed by atoms with van der Waals surface area (Å²) < 4.78 is 11.2. The number of fused-ring (bicyclic) bond motifs is 1. The largest absolute Gasteiger partial charge is 0.479 e. The Hall–Kier alpha value is -2.50. The van der Waals surface area contributed by atoms with Crippen LogP contribution >= 0.6 is 23.2 Å². The van der Waals surface area contributed by atoms with E-state index in [0.717, 1.165) is 0 Å². The molecule has 3 aromatic rings. The summed E-state index contributed by atoms with van der Waals surface area (Å²) in [5, 5.41) is 9.87. The monoisotopic (exact) mass is 378 g/mol. The standard InChI is InChI=1S/C18H12Cl2O5/c1-9(18(22)23)24-17-15(21)10-5-2-3-8-13(10)25-16(17)14-11(19)6-4-7-12(14)20/h2-9H,1H3,(H,22,23). The third-order valence-corrected chi connectivity index (χ3v) is 4.22. The van der Waals surface area contributed by atoms with Gasteiger partial charge in [-0.2, -0.15) is 0 Å². The first-order valence-electron chi connectivity index (χ1n) is 7.30. The molecule has 0 aliphatic rings. The van der Waals surface area contributed by atoms with Crippen LogP contribution in [-0.4, -0.2) is 17.2 Å². The molecular formula is C18H12Cl2O5. The lowest BCUT2D eigenvalue weighted by atomic mass is 10.1. The molecule has 0 amide bonds. The Balaban J connectivity index is 2.36. The van der Waals surface area contributed by atoms with Gasteiger partial charge in [0, 0.05) is 0 Å². The number of carboxylic acid groups (broad SMARTS) is 1. The molecule has 0 saturated heterocycles. The predicted octanol–water partition coefficient (Wildman–Crippen LogP) is 4.62. The molecule has 0 aliphatic heterocycles. The van der Waals surface area contributed by atoms with E-state index >= 15 is 0 Å². The zero-order chi connectivity index (χ0) is 18.1. The van der Waals surface area contributed by atoms with Crippen molar-refractivity contribution in [3.63, 3.8) is 0 Å². The van der Waals surface area contributed by atoms with Crippen LogP contribution in [0.4, 0.5) is 0 Å². The summed E-state index contributed by atoms with van der Waals surface area (Å²) in [5.74, 6) is -1.47. The molecule has 1 heterocycles. The van der Waals surface area contributed by atoms with Gasteiger partial charge in [0.05, 0.1) is 21.0 Å². The minimum atomic E-state index is -1.26. The topological polar surface area (TPSA) is 76.7 Å². The molecule has 0 fully saturated rings. The first kappa shape index (κ1) is 17.3. The molecule has 1 aromatic heterocycles. The number of benzene rings is 2. The Morgan fingerprint density at radius 3 is 2.40 bits per heavy atom. The molecule has 0 bridgehead atoms. The second-order valence-electron chi connectivity index (χ2n) is 5.28. The highest BCUT2D eigenvalue weighted by Gasteiger charge is 2.25. The maximum Gasteiger partial charge on any atom is 0.344 e. The van der Waals surface area contributed by atoms with Gasteiger partial charge in [0.2, 0.25) is 11.2 Å². The average molecular weight is 379 g/mol. The first-order valence-corrected chi connectivity index (χ1v) is 8.05. The second kappa shape index (κ2) is 6.78. The SMILES string of the molecule is CC(Oc1c(-c2c(Cl)cccc2Cl)oc2ccccc2c1=O)C(=O)O. The Labute approximate surface area is 152 Å². The molecule has 5 nitrogen and oxygen atoms in total. The molecule has 1 N–H and O–H groups in total. The van der Waals surface area contributed by atoms with E-state index in [2.05, 4.69) is 0 Å². The molecule has 1 unspecified atom stereocenters. The average Bonchev–Trinajstić information content (AvgIpc) is 2.57. The number of hydrogen-bond donors (Lipinski definition) is 1. The third-order valence-electron chi connectivity index (χ3n) is 3.59. The summed E-state index contributed by atoms with van der Waals surface area (Å²) in [4.78, 5) is 24.0. The summed E-state index contributed by atoms with van der Waals surface area (Å²) in [5.41, 5.74) is 0.0797. The molecule has 7 heteroatoms. The number of hydrogen-bond acceptors (Lipinski definition) is 4. The van der Waals surface area contributed by atoms with Crippen molar-refractivity contribution in [2.24, 2.45) is 0 Å². The summed E-state index contributed by atoms with van der Waals surface area (Å²) in [6.07, 6.45) is -1.26. The lowest BCUT2D eigenvalue weighted by Gasteiger charge is -2.15. The highest BCUT2D eigenvalue weighted by atomic mass is 35.5. The maximum atomic E-state index is 12.8. The Morgan fingerprint density at radius 2 is 1.76 bits per heavy atom. The van der Waals surface area contributed by atoms with Gasteiger partial charge in [-0.25, -0.2) is 4.79 Å². The van der Waals surface area contributed by atoms with E-state index in [0.29, 0.717) is 5.58 Å². The van der Waals surface area contributed by atoms with Gasteiger partial charge in [0.1, 0.15) is 5.58 Å². The normalized spacial score (nSPS) is 12.1. The van der Waals surface area contributed by atoms with Crippen molar-refractivity contribution >= 4 is 40.1 Å². The van der Waals surface area contributed by atoms with Crippen LogP contribution < -0.4 is 10.2 Å². The van der Waals surface area contributed by atoms with Gasteiger partial charge >= 0.3 is 5.97 Å². The van der Waals surface area contributed by atoms with Gasteiger partial charge in [0.25, 0.3) is 0 Å². The summed E-state index contributed by atoms with van der Waals surface area (Å²) >= 11 is 12.4. The van der Waals surface area contributed by atoms with Gasteiger partial charge in [-0.15, -0.1) is 0 Å². The summed E-state index contributed by atoms with van der Waals surface area (Å²) in [7, 11) is 0. The molecule has 3 rings (SSSR count). The molecule has 1 atom stereocenters. The Bertz CT molecular complexity index is 1010. The van der Waals surface area contributed by atoms with Crippen LogP contribution in [0.3, 0.4) is 0 Å². The fourth-order valence-corrected chi connectivity index (χ4v) is 2.91. The minimum absolute atomic E-state index is 0.00704. The van der Waals surface area contributed by atoms with E-state index in [-0.39, 0.29) is 32.5 Å². The van der Waals surface area contributed by atoms with Crippen LogP contribution in [-0.2, 0) is 4.79 Å². The van der Waals surface area contributed by atoms with Crippen LogP contribution in [0.2, 0.25) is 10.0 Å². The van der Waals surface area contributed by atoms with Crippen molar-refractivity contribution in [3.05, 3.63) is 62.7 Å². The van der Waals surface area contributed by atoms with E-state index in [9.17, 15) is 9.59 Å². The van der Waals surface area contributed by atoms with E-state index in [1.54, 1.807) is 42.5 Å². The van der Waals surface area contributed by atoms with Crippen molar-refractivity contribution < 1.29 is 19.1 Å². The molecular weight excluding hydrogens is 367 g/mol. The first-order chi connectivity index (χ1) is 11.9. The van der Waals surface area contributed by atoms with E-state index < -0.39 is 17.5 Å². The quantitative estimate of drug-likeness (QED) is 0.716. The lowest BCUT2D eigenvalue weighted by molar-refractivity contribution is -0.144. The number of aliphatic carboxylic acids is 1. The smallest absolute Gasteiger partial charge is 0.344 e. The lowest BCUT2D eigenvalue weighted by Crippen LogP contribution is -2.26. The van der Waals surface area contributed by atoms with Crippen molar-refractivity contribution in [2.45, 2.75) is 13.0 Å². The molecule has 0 aliphatic carbocycles. The van der Waals surface area contributed by atoms with E-state index in [4.69, 9.17) is 37.5 Å². The van der Waals surface area contributed by atoms with Crippen molar-refractivity contribution in [2.75, 3.05) is 0 Å². The highest BCUT2D eigenvalue weighted by molar-refractivity contribution is 6.39. The van der Waals surface area contributed by atoms with E-state index in [1.807, 2.05) is 0 Å². The number of para-hydroxylation sites is 1. The Morgan fingerprint density at radius 1 is 1.12 bits per heavy atom. The van der Waals surface area contributed by atoms with Crippen molar-refractivity contribution in [3.8, 4) is 17.1 Å². The second-order valence-corrected chi connectivity index (χ2v) is 6.09. The number of halogens is 2. The highest BCUT2D eigenvalue weighted by Crippen LogP contribution is 2.40. The Kier molecular flexibility index (Phi) is 4.70. The van der Waals surface area contributed by atoms with Gasteiger partial charge < -0.3 is 14.3 Å². The zero-order valence-electron chi connectivity index (χ0n) is 13.0. The van der Waals surface area contributed by atoms with Crippen LogP contribution in [0.5, 0.6) is 5.75 Å². The van der Waals surface area contributed by atoms with E-state index in [1.165, 1.54) is 6.92 Å². The maximum absolute atomic E-state index is 12.8. The molecule has 0 radical (unpaired) electrons. The van der Waals surface area contributed by atoms with Gasteiger partial charge in [0.15, 0.2) is 11.9 Å². The van der Waals surface area contributed by atoms with Gasteiger partial charge in [-0.3, -0.25) is 4.79 Å². The number of carbonyl (C=O) groups is 1. The minimum Gasteiger partial charge on any atom is -0.479 e. The summed E-state index contributed by atoms with van der Waals surface area (Å²) in [6, 6.07) is 11.4.